The van der Waals surface area contributed by atoms with Gasteiger partial charge < -0.3 is 10.6 Å². The fourth-order valence-electron chi connectivity index (χ4n) is 3.23. The summed E-state index contributed by atoms with van der Waals surface area (Å²) in [4.78, 5) is 17.4. The molecule has 1 aliphatic rings. The zero-order valence-electron chi connectivity index (χ0n) is 15.3. The molecule has 0 aliphatic carbocycles. The first-order valence-electron chi connectivity index (χ1n) is 8.59. The van der Waals surface area contributed by atoms with Crippen LogP contribution in [0.3, 0.4) is 0 Å². The molecule has 0 radical (unpaired) electrons. The summed E-state index contributed by atoms with van der Waals surface area (Å²) in [6.07, 6.45) is 3.41. The Labute approximate surface area is 156 Å². The summed E-state index contributed by atoms with van der Waals surface area (Å²) in [5.41, 5.74) is 5.02. The van der Waals surface area contributed by atoms with E-state index in [0.717, 1.165) is 22.4 Å². The van der Waals surface area contributed by atoms with Crippen molar-refractivity contribution in [2.24, 2.45) is 0 Å². The largest absolute Gasteiger partial charge is 0.326 e. The van der Waals surface area contributed by atoms with Crippen molar-refractivity contribution in [2.45, 2.75) is 26.8 Å². The van der Waals surface area contributed by atoms with Crippen molar-refractivity contribution in [3.63, 3.8) is 0 Å². The number of carbonyl (C=O) groups excluding carboxylic acids is 1. The lowest BCUT2D eigenvalue weighted by molar-refractivity contribution is -0.113. The maximum atomic E-state index is 13.2. The molecular formula is C19H19N7O. The Bertz CT molecular complexity index is 1040. The predicted octanol–water partition coefficient (Wildman–Crippen LogP) is 2.61. The van der Waals surface area contributed by atoms with Crippen molar-refractivity contribution in [3.8, 4) is 0 Å². The third-order valence-corrected chi connectivity index (χ3v) is 4.81. The maximum absolute atomic E-state index is 13.2. The summed E-state index contributed by atoms with van der Waals surface area (Å²) in [7, 11) is 0. The number of amides is 1. The fourth-order valence-corrected chi connectivity index (χ4v) is 3.23. The van der Waals surface area contributed by atoms with Gasteiger partial charge in [-0.05, 0) is 60.0 Å². The van der Waals surface area contributed by atoms with Gasteiger partial charge in [0, 0.05) is 23.8 Å². The normalized spacial score (nSPS) is 15.9. The molecular weight excluding hydrogens is 342 g/mol. The number of aromatic nitrogens is 5. The van der Waals surface area contributed by atoms with Gasteiger partial charge in [0.2, 0.25) is 5.95 Å². The summed E-state index contributed by atoms with van der Waals surface area (Å²) >= 11 is 0. The van der Waals surface area contributed by atoms with E-state index in [9.17, 15) is 4.79 Å². The van der Waals surface area contributed by atoms with Gasteiger partial charge in [-0.2, -0.15) is 4.68 Å². The number of tetrazole rings is 1. The van der Waals surface area contributed by atoms with Crippen LogP contribution in [0.15, 0.2) is 54.0 Å². The minimum Gasteiger partial charge on any atom is -0.326 e. The van der Waals surface area contributed by atoms with Gasteiger partial charge in [-0.1, -0.05) is 23.3 Å². The monoisotopic (exact) mass is 361 g/mol. The molecule has 1 amide bonds. The van der Waals surface area contributed by atoms with Crippen LogP contribution in [-0.2, 0) is 4.79 Å². The van der Waals surface area contributed by atoms with Crippen LogP contribution in [0.25, 0.3) is 0 Å². The lowest BCUT2D eigenvalue weighted by atomic mass is 9.96. The van der Waals surface area contributed by atoms with Gasteiger partial charge in [-0.3, -0.25) is 9.78 Å². The quantitative estimate of drug-likeness (QED) is 0.744. The number of hydrogen-bond donors (Lipinski definition) is 2. The summed E-state index contributed by atoms with van der Waals surface area (Å²) in [5.74, 6) is 0.286. The van der Waals surface area contributed by atoms with E-state index in [4.69, 9.17) is 0 Å². The highest BCUT2D eigenvalue weighted by atomic mass is 16.1. The Kier molecular flexibility index (Phi) is 4.15. The summed E-state index contributed by atoms with van der Waals surface area (Å²) < 4.78 is 1.60. The van der Waals surface area contributed by atoms with Crippen LogP contribution in [-0.4, -0.2) is 31.1 Å². The zero-order chi connectivity index (χ0) is 19.0. The van der Waals surface area contributed by atoms with Crippen molar-refractivity contribution in [3.05, 3.63) is 70.7 Å². The van der Waals surface area contributed by atoms with E-state index < -0.39 is 6.04 Å². The van der Waals surface area contributed by atoms with Crippen LogP contribution < -0.4 is 10.6 Å². The Morgan fingerprint density at radius 3 is 2.81 bits per heavy atom. The Hall–Kier alpha value is -3.55. The molecule has 0 fully saturated rings. The molecule has 4 rings (SSSR count). The molecule has 0 saturated carbocycles. The molecule has 0 bridgehead atoms. The highest BCUT2D eigenvalue weighted by Crippen LogP contribution is 2.34. The van der Waals surface area contributed by atoms with Crippen molar-refractivity contribution >= 4 is 17.5 Å². The van der Waals surface area contributed by atoms with Crippen LogP contribution in [0.1, 0.15) is 29.7 Å². The van der Waals surface area contributed by atoms with Crippen LogP contribution in [0, 0.1) is 13.8 Å². The number of benzene rings is 1. The first-order chi connectivity index (χ1) is 13.1. The molecule has 2 aromatic heterocycles. The second kappa shape index (κ2) is 6.64. The minimum atomic E-state index is -0.463. The van der Waals surface area contributed by atoms with Gasteiger partial charge in [0.25, 0.3) is 5.91 Å². The number of rotatable bonds is 3. The summed E-state index contributed by atoms with van der Waals surface area (Å²) in [5, 5.41) is 17.9. The van der Waals surface area contributed by atoms with Crippen LogP contribution in [0.5, 0.6) is 0 Å². The number of pyridine rings is 1. The van der Waals surface area contributed by atoms with Gasteiger partial charge in [0.1, 0.15) is 6.04 Å². The molecule has 1 aromatic carbocycles. The third kappa shape index (κ3) is 2.95. The number of hydrogen-bond acceptors (Lipinski definition) is 6. The molecule has 8 heteroatoms. The standard InChI is InChI=1S/C19H19N7O/c1-11-6-4-8-15(12(11)2)22-18(27)16-13(3)21-19-23-24-25-26(19)17(16)14-7-5-9-20-10-14/h4-10,17H,1-3H3,(H,22,27)(H,21,23,25). The van der Waals surface area contributed by atoms with E-state index in [1.165, 1.54) is 0 Å². The summed E-state index contributed by atoms with van der Waals surface area (Å²) in [6, 6.07) is 9.12. The Morgan fingerprint density at radius 2 is 2.04 bits per heavy atom. The van der Waals surface area contributed by atoms with Crippen LogP contribution in [0.2, 0.25) is 0 Å². The number of fused-ring (bicyclic) bond motifs is 1. The average molecular weight is 361 g/mol. The molecule has 1 unspecified atom stereocenters. The van der Waals surface area contributed by atoms with Gasteiger partial charge >= 0.3 is 0 Å². The number of allylic oxidation sites excluding steroid dienone is 1. The molecule has 136 valence electrons. The highest BCUT2D eigenvalue weighted by molar-refractivity contribution is 6.06. The van der Waals surface area contributed by atoms with Gasteiger partial charge in [0.05, 0.1) is 5.57 Å². The van der Waals surface area contributed by atoms with Gasteiger partial charge in [0.15, 0.2) is 0 Å². The molecule has 3 aromatic rings. The van der Waals surface area contributed by atoms with Crippen molar-refractivity contribution < 1.29 is 4.79 Å². The number of anilines is 2. The highest BCUT2D eigenvalue weighted by Gasteiger charge is 2.34. The van der Waals surface area contributed by atoms with E-state index in [0.29, 0.717) is 17.2 Å². The lowest BCUT2D eigenvalue weighted by Gasteiger charge is -2.27. The van der Waals surface area contributed by atoms with Gasteiger partial charge in [-0.25, -0.2) is 0 Å². The fraction of sp³-hybridized carbons (Fsp3) is 0.211. The molecule has 2 N–H and O–H groups in total. The number of nitrogens with zero attached hydrogens (tertiary/aromatic N) is 5. The maximum Gasteiger partial charge on any atom is 0.255 e. The molecule has 0 spiro atoms. The van der Waals surface area contributed by atoms with Crippen LogP contribution >= 0.6 is 0 Å². The van der Waals surface area contributed by atoms with Crippen molar-refractivity contribution in [2.75, 3.05) is 10.6 Å². The Balaban J connectivity index is 1.77. The van der Waals surface area contributed by atoms with Crippen molar-refractivity contribution in [1.29, 1.82) is 0 Å². The van der Waals surface area contributed by atoms with E-state index in [1.807, 2.05) is 51.1 Å². The molecule has 1 atom stereocenters. The molecule has 27 heavy (non-hydrogen) atoms. The first-order valence-corrected chi connectivity index (χ1v) is 8.59. The zero-order valence-corrected chi connectivity index (χ0v) is 15.3. The molecule has 1 aliphatic heterocycles. The van der Waals surface area contributed by atoms with Crippen LogP contribution in [0.4, 0.5) is 11.6 Å². The van der Waals surface area contributed by atoms with E-state index in [-0.39, 0.29) is 5.91 Å². The second-order valence-electron chi connectivity index (χ2n) is 6.50. The van der Waals surface area contributed by atoms with E-state index in [2.05, 4.69) is 31.1 Å². The SMILES string of the molecule is CC1=C(C(=O)Nc2cccc(C)c2C)C(c2cccnc2)n2nnnc2N1. The summed E-state index contributed by atoms with van der Waals surface area (Å²) in [6.45, 7) is 5.85. The van der Waals surface area contributed by atoms with Gasteiger partial charge in [-0.15, -0.1) is 0 Å². The Morgan fingerprint density at radius 1 is 1.19 bits per heavy atom. The topological polar surface area (TPSA) is 97.6 Å². The molecule has 3 heterocycles. The molecule has 0 saturated heterocycles. The van der Waals surface area contributed by atoms with E-state index in [1.54, 1.807) is 17.1 Å². The third-order valence-electron chi connectivity index (χ3n) is 4.81. The number of carbonyl (C=O) groups is 1. The predicted molar refractivity (Wildman–Crippen MR) is 101 cm³/mol. The molecule has 8 nitrogen and oxygen atoms in total. The van der Waals surface area contributed by atoms with E-state index >= 15 is 0 Å². The minimum absolute atomic E-state index is 0.205. The smallest absolute Gasteiger partial charge is 0.255 e. The second-order valence-corrected chi connectivity index (χ2v) is 6.50. The average Bonchev–Trinajstić information content (AvgIpc) is 3.13. The lowest BCUT2D eigenvalue weighted by Crippen LogP contribution is -2.31. The number of aryl methyl sites for hydroxylation is 1. The first kappa shape index (κ1) is 16.9. The van der Waals surface area contributed by atoms with Crippen molar-refractivity contribution in [1.82, 2.24) is 25.2 Å². The number of nitrogens with one attached hydrogen (secondary N) is 2.